The van der Waals surface area contributed by atoms with E-state index in [1.807, 2.05) is 0 Å². The summed E-state index contributed by atoms with van der Waals surface area (Å²) in [5, 5.41) is 8.12. The van der Waals surface area contributed by atoms with E-state index in [9.17, 15) is 0 Å². The van der Waals surface area contributed by atoms with Crippen LogP contribution in [-0.2, 0) is 6.42 Å². The van der Waals surface area contributed by atoms with Crippen LogP contribution in [0.3, 0.4) is 0 Å². The van der Waals surface area contributed by atoms with E-state index in [1.54, 1.807) is 0 Å². The quantitative estimate of drug-likeness (QED) is 0.161. The molecule has 0 aliphatic rings. The Balaban J connectivity index is 0.000000159. The van der Waals surface area contributed by atoms with E-state index in [1.165, 1.54) is 163 Å². The standard InChI is InChI=1S/2C14H14.3C12H12.C12H18.C9H12/c1-11-3-7-13(8-4-11)14-9-5-12(2)6-10-14;1-11-7-9-13(10-8-11)14-6-4-3-5-12(14)2;1-9-3-5-12-8-10(2)4-6-11(12)7-9;1-9-5-3-8-12-10(2)6-4-7-11(9)12;1-9-6-7-12-10(2)4-3-5-11(12)8-9;1-4-5-6-12-9-10(2)7-8-11(12)3;1-7-4-5-8(2)9(3)6-7/h2*3-10H,1-2H3;3*3-8H,1-2H3;7-9H,4-6H2,1-3H3;4-6H,1-3H3. The molecule has 0 atom stereocenters. The van der Waals surface area contributed by atoms with Gasteiger partial charge >= 0.3 is 0 Å². The first-order chi connectivity index (χ1) is 40.8. The van der Waals surface area contributed by atoms with Crippen LogP contribution in [0.5, 0.6) is 0 Å². The highest BCUT2D eigenvalue weighted by atomic mass is 14.1. The summed E-state index contributed by atoms with van der Waals surface area (Å²) in [6.45, 7) is 34.3. The largest absolute Gasteiger partial charge is 0.0654 e. The molecule has 0 nitrogen and oxygen atoms in total. The third-order valence-corrected chi connectivity index (χ3v) is 15.7. The normalized spacial score (nSPS) is 10.3. The molecule has 0 saturated heterocycles. The molecule has 0 saturated carbocycles. The Morgan fingerprint density at radius 2 is 0.600 bits per heavy atom. The zero-order valence-corrected chi connectivity index (χ0v) is 54.2. The van der Waals surface area contributed by atoms with Gasteiger partial charge in [0, 0.05) is 0 Å². The lowest BCUT2D eigenvalue weighted by atomic mass is 10.00. The summed E-state index contributed by atoms with van der Waals surface area (Å²) in [6.07, 6.45) is 3.84. The first-order valence-electron chi connectivity index (χ1n) is 30.5. The minimum Gasteiger partial charge on any atom is -0.0654 e. The second kappa shape index (κ2) is 33.1. The van der Waals surface area contributed by atoms with Gasteiger partial charge in [-0.15, -0.1) is 0 Å². The van der Waals surface area contributed by atoms with Crippen molar-refractivity contribution in [1.82, 2.24) is 0 Å². The minimum atomic E-state index is 1.24. The van der Waals surface area contributed by atoms with E-state index in [4.69, 9.17) is 0 Å². The molecular weight excluding hydrogens is 1020 g/mol. The first kappa shape index (κ1) is 65.6. The van der Waals surface area contributed by atoms with Gasteiger partial charge in [0.05, 0.1) is 0 Å². The second-order valence-corrected chi connectivity index (χ2v) is 23.4. The van der Waals surface area contributed by atoms with Gasteiger partial charge in [-0.05, 0) is 216 Å². The van der Waals surface area contributed by atoms with Crippen LogP contribution in [0.15, 0.2) is 243 Å². The van der Waals surface area contributed by atoms with Crippen molar-refractivity contribution in [2.75, 3.05) is 0 Å². The van der Waals surface area contributed by atoms with Crippen molar-refractivity contribution in [3.63, 3.8) is 0 Å². The van der Waals surface area contributed by atoms with Gasteiger partial charge in [-0.1, -0.05) is 301 Å². The zero-order valence-electron chi connectivity index (χ0n) is 54.2. The zero-order chi connectivity index (χ0) is 61.4. The molecule has 0 bridgehead atoms. The van der Waals surface area contributed by atoms with Gasteiger partial charge in [0.2, 0.25) is 0 Å². The summed E-state index contributed by atoms with van der Waals surface area (Å²) in [5.41, 5.74) is 26.9. The molecule has 12 aromatic rings. The van der Waals surface area contributed by atoms with E-state index in [0.717, 1.165) is 0 Å². The van der Waals surface area contributed by atoms with Crippen molar-refractivity contribution in [3.05, 3.63) is 332 Å². The van der Waals surface area contributed by atoms with Crippen molar-refractivity contribution in [3.8, 4) is 22.3 Å². The van der Waals surface area contributed by atoms with E-state index < -0.39 is 0 Å². The summed E-state index contributed by atoms with van der Waals surface area (Å²) >= 11 is 0. The fourth-order valence-corrected chi connectivity index (χ4v) is 10.1. The minimum absolute atomic E-state index is 1.24. The molecular formula is C85H94. The number of fused-ring (bicyclic) bond motifs is 3. The van der Waals surface area contributed by atoms with Crippen LogP contribution in [-0.4, -0.2) is 0 Å². The molecule has 0 heterocycles. The topological polar surface area (TPSA) is 0 Å². The summed E-state index contributed by atoms with van der Waals surface area (Å²) in [6, 6.07) is 86.6. The van der Waals surface area contributed by atoms with E-state index in [-0.39, 0.29) is 0 Å². The number of rotatable bonds is 5. The van der Waals surface area contributed by atoms with Crippen LogP contribution in [0, 0.1) is 104 Å². The van der Waals surface area contributed by atoms with Crippen molar-refractivity contribution < 1.29 is 0 Å². The van der Waals surface area contributed by atoms with Gasteiger partial charge in [0.1, 0.15) is 0 Å². The highest BCUT2D eigenvalue weighted by Crippen LogP contribution is 2.25. The fourth-order valence-electron chi connectivity index (χ4n) is 10.1. The molecule has 0 amide bonds. The van der Waals surface area contributed by atoms with Crippen molar-refractivity contribution in [2.24, 2.45) is 0 Å². The van der Waals surface area contributed by atoms with Crippen LogP contribution in [0.25, 0.3) is 54.6 Å². The molecule has 0 radical (unpaired) electrons. The Kier molecular flexibility index (Phi) is 25.5. The molecule has 0 unspecified atom stereocenters. The predicted molar refractivity (Wildman–Crippen MR) is 378 cm³/mol. The summed E-state index contributed by atoms with van der Waals surface area (Å²) in [5.74, 6) is 0. The van der Waals surface area contributed by atoms with Gasteiger partial charge in [-0.25, -0.2) is 0 Å². The lowest BCUT2D eigenvalue weighted by Gasteiger charge is -2.05. The summed E-state index contributed by atoms with van der Waals surface area (Å²) in [4.78, 5) is 0. The number of benzene rings is 12. The molecule has 0 aliphatic heterocycles. The van der Waals surface area contributed by atoms with E-state index >= 15 is 0 Å². The number of hydrogen-bond acceptors (Lipinski definition) is 0. The van der Waals surface area contributed by atoms with Crippen molar-refractivity contribution >= 4 is 32.3 Å². The van der Waals surface area contributed by atoms with Crippen molar-refractivity contribution in [1.29, 1.82) is 0 Å². The highest BCUT2D eigenvalue weighted by molar-refractivity contribution is 5.88. The smallest absolute Gasteiger partial charge is 0.0152 e. The Hall–Kier alpha value is -8.58. The monoisotopic (exact) mass is 1110 g/mol. The molecule has 0 aromatic heterocycles. The molecule has 0 spiro atoms. The molecule has 12 rings (SSSR count). The number of unbranched alkanes of at least 4 members (excludes halogenated alkanes) is 1. The molecule has 434 valence electrons. The molecule has 85 heavy (non-hydrogen) atoms. The van der Waals surface area contributed by atoms with Crippen LogP contribution < -0.4 is 0 Å². The van der Waals surface area contributed by atoms with E-state index in [0.29, 0.717) is 0 Å². The number of hydrogen-bond donors (Lipinski definition) is 0. The van der Waals surface area contributed by atoms with Gasteiger partial charge < -0.3 is 0 Å². The van der Waals surface area contributed by atoms with Crippen molar-refractivity contribution in [2.45, 2.75) is 130 Å². The molecule has 0 heteroatoms. The Labute approximate surface area is 513 Å². The van der Waals surface area contributed by atoms with Crippen LogP contribution in [0.2, 0.25) is 0 Å². The summed E-state index contributed by atoms with van der Waals surface area (Å²) < 4.78 is 0. The van der Waals surface area contributed by atoms with Crippen LogP contribution in [0.1, 0.15) is 109 Å². The lowest BCUT2D eigenvalue weighted by Crippen LogP contribution is -1.89. The van der Waals surface area contributed by atoms with Gasteiger partial charge in [0.25, 0.3) is 0 Å². The molecule has 0 N–H and O–H groups in total. The average Bonchev–Trinajstić information content (AvgIpc) is 3.68. The molecule has 12 aromatic carbocycles. The fraction of sp³-hybridized carbons (Fsp3) is 0.224. The molecule has 0 fully saturated rings. The SMILES string of the molecule is CCCCc1cc(C)ccc1C.Cc1ccc(-c2ccc(C)cc2)cc1.Cc1ccc(-c2ccccc2C)cc1.Cc1ccc(C)c(C)c1.Cc1ccc2c(C)cccc2c1.Cc1ccc2cc(C)ccc2c1.Cc1cccc2c(C)cccc12. The maximum Gasteiger partial charge on any atom is -0.0152 e. The third-order valence-electron chi connectivity index (χ3n) is 15.7. The second-order valence-electron chi connectivity index (χ2n) is 23.4. The molecule has 0 aliphatic carbocycles. The van der Waals surface area contributed by atoms with Crippen LogP contribution in [0.4, 0.5) is 0 Å². The Morgan fingerprint density at radius 1 is 0.224 bits per heavy atom. The average molecular weight is 1120 g/mol. The maximum atomic E-state index is 2.31. The predicted octanol–water partition coefficient (Wildman–Crippen LogP) is 24.6. The Morgan fingerprint density at radius 3 is 1.07 bits per heavy atom. The van der Waals surface area contributed by atoms with Gasteiger partial charge in [-0.2, -0.15) is 0 Å². The highest BCUT2D eigenvalue weighted by Gasteiger charge is 2.02. The lowest BCUT2D eigenvalue weighted by molar-refractivity contribution is 0.790. The summed E-state index contributed by atoms with van der Waals surface area (Å²) in [7, 11) is 0. The van der Waals surface area contributed by atoms with Crippen LogP contribution >= 0.6 is 0 Å². The Bertz CT molecular complexity index is 3870. The van der Waals surface area contributed by atoms with E-state index in [2.05, 4.69) is 353 Å². The third kappa shape index (κ3) is 20.9. The number of aryl methyl sites for hydroxylation is 16. The first-order valence-corrected chi connectivity index (χ1v) is 30.5. The van der Waals surface area contributed by atoms with Gasteiger partial charge in [-0.3, -0.25) is 0 Å². The van der Waals surface area contributed by atoms with Gasteiger partial charge in [0.15, 0.2) is 0 Å². The maximum absolute atomic E-state index is 2.31.